The molecule has 2 aromatic rings. The molecule has 0 radical (unpaired) electrons. The maximum Gasteiger partial charge on any atom is 0.129 e. The van der Waals surface area contributed by atoms with Gasteiger partial charge in [-0.15, -0.1) is 0 Å². The Bertz CT molecular complexity index is 557. The summed E-state index contributed by atoms with van der Waals surface area (Å²) in [5.41, 5.74) is 1.71. The van der Waals surface area contributed by atoms with Crippen molar-refractivity contribution >= 4 is 5.82 Å². The molecule has 106 valence electrons. The molecule has 2 N–H and O–H groups in total. The summed E-state index contributed by atoms with van der Waals surface area (Å²) in [6.07, 6.45) is 0.876. The lowest BCUT2D eigenvalue weighted by atomic mass is 10.0. The predicted octanol–water partition coefficient (Wildman–Crippen LogP) is 2.33. The Balaban J connectivity index is 2.05. The predicted molar refractivity (Wildman–Crippen MR) is 77.8 cm³/mol. The van der Waals surface area contributed by atoms with Crippen molar-refractivity contribution in [1.82, 2.24) is 9.97 Å². The van der Waals surface area contributed by atoms with Gasteiger partial charge in [-0.3, -0.25) is 0 Å². The number of benzene rings is 1. The first-order chi connectivity index (χ1) is 9.60. The summed E-state index contributed by atoms with van der Waals surface area (Å²) in [7, 11) is 1.62. The lowest BCUT2D eigenvalue weighted by Crippen LogP contribution is -2.24. The average Bonchev–Trinajstić information content (AvgIpc) is 2.46. The summed E-state index contributed by atoms with van der Waals surface area (Å²) in [6, 6.07) is 9.05. The Hall–Kier alpha value is -2.14. The minimum atomic E-state index is -0.629. The number of nitrogens with one attached hydrogen (secondary N) is 1. The number of ether oxygens (including phenoxy) is 1. The highest BCUT2D eigenvalue weighted by molar-refractivity contribution is 5.37. The maximum absolute atomic E-state index is 10.3. The quantitative estimate of drug-likeness (QED) is 0.875. The molecule has 1 aromatic heterocycles. The van der Waals surface area contributed by atoms with Gasteiger partial charge in [0, 0.05) is 11.8 Å². The number of anilines is 1. The molecule has 0 saturated carbocycles. The monoisotopic (exact) mass is 273 g/mol. The van der Waals surface area contributed by atoms with Crippen LogP contribution >= 0.6 is 0 Å². The molecule has 0 saturated heterocycles. The van der Waals surface area contributed by atoms with E-state index in [-0.39, 0.29) is 6.04 Å². The summed E-state index contributed by atoms with van der Waals surface area (Å²) in [6.45, 7) is 3.81. The fraction of sp³-hybridized carbons (Fsp3) is 0.333. The summed E-state index contributed by atoms with van der Waals surface area (Å²) in [4.78, 5) is 8.17. The van der Waals surface area contributed by atoms with Crippen LogP contribution in [0.5, 0.6) is 5.75 Å². The third kappa shape index (κ3) is 3.45. The highest BCUT2D eigenvalue weighted by Crippen LogP contribution is 2.22. The van der Waals surface area contributed by atoms with Gasteiger partial charge in [0.2, 0.25) is 0 Å². The van der Waals surface area contributed by atoms with Crippen molar-refractivity contribution in [2.45, 2.75) is 26.0 Å². The van der Waals surface area contributed by atoms with Crippen molar-refractivity contribution in [1.29, 1.82) is 0 Å². The molecule has 5 nitrogen and oxygen atoms in total. The van der Waals surface area contributed by atoms with E-state index in [0.717, 1.165) is 17.0 Å². The van der Waals surface area contributed by atoms with Crippen LogP contribution in [0.3, 0.4) is 0 Å². The van der Waals surface area contributed by atoms with E-state index >= 15 is 0 Å². The Labute approximate surface area is 118 Å². The number of aromatic nitrogens is 2. The smallest absolute Gasteiger partial charge is 0.129 e. The fourth-order valence-electron chi connectivity index (χ4n) is 1.94. The van der Waals surface area contributed by atoms with Crippen molar-refractivity contribution in [3.63, 3.8) is 0 Å². The fourth-order valence-corrected chi connectivity index (χ4v) is 1.94. The molecule has 0 unspecified atom stereocenters. The van der Waals surface area contributed by atoms with Crippen LogP contribution in [-0.4, -0.2) is 28.2 Å². The molecule has 5 heteroatoms. The number of rotatable bonds is 5. The summed E-state index contributed by atoms with van der Waals surface area (Å²) in [5.74, 6) is 1.48. The van der Waals surface area contributed by atoms with E-state index in [1.807, 2.05) is 44.2 Å². The molecule has 2 rings (SSSR count). The van der Waals surface area contributed by atoms with E-state index in [4.69, 9.17) is 4.74 Å². The molecule has 0 fully saturated rings. The van der Waals surface area contributed by atoms with Crippen LogP contribution in [-0.2, 0) is 0 Å². The number of hydrogen-bond acceptors (Lipinski definition) is 5. The van der Waals surface area contributed by atoms with Crippen LogP contribution in [0.2, 0.25) is 0 Å². The molecule has 2 atom stereocenters. The van der Waals surface area contributed by atoms with E-state index in [1.54, 1.807) is 7.11 Å². The number of nitrogens with zero attached hydrogens (tertiary/aromatic N) is 2. The summed E-state index contributed by atoms with van der Waals surface area (Å²) in [5, 5.41) is 13.5. The SMILES string of the molecule is COc1ccc([C@H](O)[C@@H](C)Nc2cc(C)ncn2)cc1. The molecular formula is C15H19N3O2. The summed E-state index contributed by atoms with van der Waals surface area (Å²) < 4.78 is 5.10. The maximum atomic E-state index is 10.3. The zero-order chi connectivity index (χ0) is 14.5. The second-order valence-electron chi connectivity index (χ2n) is 4.70. The van der Waals surface area contributed by atoms with Gasteiger partial charge in [0.25, 0.3) is 0 Å². The van der Waals surface area contributed by atoms with Crippen molar-refractivity contribution in [2.24, 2.45) is 0 Å². The second kappa shape index (κ2) is 6.34. The number of aliphatic hydroxyl groups is 1. The van der Waals surface area contributed by atoms with Gasteiger partial charge in [0.05, 0.1) is 19.3 Å². The highest BCUT2D eigenvalue weighted by Gasteiger charge is 2.16. The van der Waals surface area contributed by atoms with Crippen molar-refractivity contribution in [3.05, 3.63) is 47.9 Å². The van der Waals surface area contributed by atoms with Gasteiger partial charge in [0.1, 0.15) is 17.9 Å². The van der Waals surface area contributed by atoms with E-state index < -0.39 is 6.10 Å². The first kappa shape index (κ1) is 14.3. The Morgan fingerprint density at radius 3 is 2.50 bits per heavy atom. The molecular weight excluding hydrogens is 254 g/mol. The molecule has 20 heavy (non-hydrogen) atoms. The zero-order valence-corrected chi connectivity index (χ0v) is 11.9. The molecule has 0 aliphatic rings. The van der Waals surface area contributed by atoms with E-state index in [0.29, 0.717) is 5.82 Å². The molecule has 0 spiro atoms. The van der Waals surface area contributed by atoms with Gasteiger partial charge in [0.15, 0.2) is 0 Å². The standard InChI is InChI=1S/C15H19N3O2/c1-10-8-14(17-9-16-10)18-11(2)15(19)12-4-6-13(20-3)7-5-12/h4-9,11,15,19H,1-3H3,(H,16,17,18)/t11-,15-/m1/s1. The third-order valence-corrected chi connectivity index (χ3v) is 3.11. The molecule has 0 aliphatic heterocycles. The minimum absolute atomic E-state index is 0.169. The van der Waals surface area contributed by atoms with Gasteiger partial charge >= 0.3 is 0 Å². The van der Waals surface area contributed by atoms with E-state index in [1.165, 1.54) is 6.33 Å². The first-order valence-electron chi connectivity index (χ1n) is 6.47. The van der Waals surface area contributed by atoms with Crippen molar-refractivity contribution in [3.8, 4) is 5.75 Å². The highest BCUT2D eigenvalue weighted by atomic mass is 16.5. The molecule has 1 heterocycles. The van der Waals surface area contributed by atoms with Gasteiger partial charge in [-0.05, 0) is 31.5 Å². The van der Waals surface area contributed by atoms with Crippen LogP contribution in [0.15, 0.2) is 36.7 Å². The van der Waals surface area contributed by atoms with Crippen molar-refractivity contribution < 1.29 is 9.84 Å². The normalized spacial score (nSPS) is 13.6. The van der Waals surface area contributed by atoms with Crippen molar-refractivity contribution in [2.75, 3.05) is 12.4 Å². The van der Waals surface area contributed by atoms with Crippen LogP contribution < -0.4 is 10.1 Å². The van der Waals surface area contributed by atoms with Crippen LogP contribution in [0, 0.1) is 6.92 Å². The molecule has 0 amide bonds. The average molecular weight is 273 g/mol. The zero-order valence-electron chi connectivity index (χ0n) is 11.9. The van der Waals surface area contributed by atoms with Gasteiger partial charge in [-0.25, -0.2) is 9.97 Å². The number of methoxy groups -OCH3 is 1. The third-order valence-electron chi connectivity index (χ3n) is 3.11. The van der Waals surface area contributed by atoms with E-state index in [2.05, 4.69) is 15.3 Å². The Kier molecular flexibility index (Phi) is 4.53. The number of hydrogen-bond donors (Lipinski definition) is 2. The van der Waals surface area contributed by atoms with Crippen LogP contribution in [0.4, 0.5) is 5.82 Å². The molecule has 0 aliphatic carbocycles. The Morgan fingerprint density at radius 2 is 1.90 bits per heavy atom. The van der Waals surface area contributed by atoms with Crippen LogP contribution in [0.25, 0.3) is 0 Å². The molecule has 0 bridgehead atoms. The van der Waals surface area contributed by atoms with Gasteiger partial charge in [-0.1, -0.05) is 12.1 Å². The Morgan fingerprint density at radius 1 is 1.20 bits per heavy atom. The van der Waals surface area contributed by atoms with Gasteiger partial charge in [-0.2, -0.15) is 0 Å². The van der Waals surface area contributed by atoms with Crippen LogP contribution in [0.1, 0.15) is 24.3 Å². The lowest BCUT2D eigenvalue weighted by molar-refractivity contribution is 0.160. The first-order valence-corrected chi connectivity index (χ1v) is 6.47. The number of aliphatic hydroxyl groups excluding tert-OH is 1. The largest absolute Gasteiger partial charge is 0.497 e. The van der Waals surface area contributed by atoms with Gasteiger partial charge < -0.3 is 15.2 Å². The lowest BCUT2D eigenvalue weighted by Gasteiger charge is -2.21. The number of aryl methyl sites for hydroxylation is 1. The molecule has 1 aromatic carbocycles. The topological polar surface area (TPSA) is 67.3 Å². The second-order valence-corrected chi connectivity index (χ2v) is 4.70. The minimum Gasteiger partial charge on any atom is -0.497 e. The van der Waals surface area contributed by atoms with E-state index in [9.17, 15) is 5.11 Å². The summed E-state index contributed by atoms with van der Waals surface area (Å²) >= 11 is 0.